The summed E-state index contributed by atoms with van der Waals surface area (Å²) in [6, 6.07) is 24.7. The molecule has 40 heavy (non-hydrogen) atoms. The standard InChI is InChI=1S/C32H35Cl2N5O/c1-23(19-36-20-26-9-7-6-8-10-26)37(3)21-31(27-13-11-25(18-35)12-14-27)32(38(4)22-40)24(2)39(5)30-16-28(33)15-29(34)17-30/h6-17,22,31-32,36H,1-2,19-21H2,3-5H3. The van der Waals surface area contributed by atoms with E-state index in [4.69, 9.17) is 23.2 Å². The number of nitrogens with zero attached hydrogens (tertiary/aromatic N) is 4. The number of hydrogen-bond donors (Lipinski definition) is 1. The minimum atomic E-state index is -0.430. The van der Waals surface area contributed by atoms with Gasteiger partial charge in [0.25, 0.3) is 0 Å². The summed E-state index contributed by atoms with van der Waals surface area (Å²) >= 11 is 12.6. The molecule has 3 rings (SSSR count). The molecule has 0 radical (unpaired) electrons. The van der Waals surface area contributed by atoms with Crippen LogP contribution in [0, 0.1) is 11.3 Å². The summed E-state index contributed by atoms with van der Waals surface area (Å²) in [5.74, 6) is -0.205. The van der Waals surface area contributed by atoms with E-state index in [9.17, 15) is 10.1 Å². The Labute approximate surface area is 247 Å². The summed E-state index contributed by atoms with van der Waals surface area (Å²) in [5, 5.41) is 13.8. The highest BCUT2D eigenvalue weighted by atomic mass is 35.5. The van der Waals surface area contributed by atoms with Gasteiger partial charge in [0.05, 0.1) is 17.7 Å². The molecule has 3 aromatic rings. The molecular weight excluding hydrogens is 541 g/mol. The Bertz CT molecular complexity index is 1330. The van der Waals surface area contributed by atoms with Gasteiger partial charge in [-0.05, 0) is 41.5 Å². The number of anilines is 1. The van der Waals surface area contributed by atoms with E-state index in [1.807, 2.05) is 49.3 Å². The van der Waals surface area contributed by atoms with Gasteiger partial charge < -0.3 is 20.0 Å². The summed E-state index contributed by atoms with van der Waals surface area (Å²) in [5.41, 5.74) is 5.07. The number of nitrogens with one attached hydrogen (secondary N) is 1. The van der Waals surface area contributed by atoms with Crippen LogP contribution in [0.2, 0.25) is 10.0 Å². The zero-order valence-corrected chi connectivity index (χ0v) is 24.7. The minimum absolute atomic E-state index is 0.205. The van der Waals surface area contributed by atoms with Gasteiger partial charge in [0.2, 0.25) is 6.41 Å². The number of halogens is 2. The number of carbonyl (C=O) groups is 1. The molecule has 0 aliphatic rings. The highest BCUT2D eigenvalue weighted by Crippen LogP contribution is 2.33. The van der Waals surface area contributed by atoms with Crippen LogP contribution >= 0.6 is 23.2 Å². The Morgan fingerprint density at radius 1 is 1.00 bits per heavy atom. The highest BCUT2D eigenvalue weighted by Gasteiger charge is 2.32. The fourth-order valence-corrected chi connectivity index (χ4v) is 5.13. The lowest BCUT2D eigenvalue weighted by Crippen LogP contribution is -2.45. The van der Waals surface area contributed by atoms with Crippen molar-refractivity contribution in [3.8, 4) is 6.07 Å². The van der Waals surface area contributed by atoms with Crippen LogP contribution in [0.3, 0.4) is 0 Å². The van der Waals surface area contributed by atoms with E-state index in [1.54, 1.807) is 42.3 Å². The van der Waals surface area contributed by atoms with Gasteiger partial charge in [-0.2, -0.15) is 5.26 Å². The fourth-order valence-electron chi connectivity index (χ4n) is 4.61. The van der Waals surface area contributed by atoms with E-state index < -0.39 is 6.04 Å². The zero-order chi connectivity index (χ0) is 29.2. The maximum absolute atomic E-state index is 12.2. The van der Waals surface area contributed by atoms with E-state index in [1.165, 1.54) is 5.56 Å². The van der Waals surface area contributed by atoms with E-state index >= 15 is 0 Å². The van der Waals surface area contributed by atoms with Crippen LogP contribution < -0.4 is 10.2 Å². The van der Waals surface area contributed by atoms with Crippen LogP contribution in [0.5, 0.6) is 0 Å². The molecule has 0 heterocycles. The summed E-state index contributed by atoms with van der Waals surface area (Å²) in [6.07, 6.45) is 0.807. The van der Waals surface area contributed by atoms with Crippen molar-refractivity contribution in [1.82, 2.24) is 15.1 Å². The maximum atomic E-state index is 12.2. The van der Waals surface area contributed by atoms with Crippen LogP contribution in [0.15, 0.2) is 97.3 Å². The van der Waals surface area contributed by atoms with Gasteiger partial charge in [0.1, 0.15) is 0 Å². The molecule has 0 saturated carbocycles. The SMILES string of the molecule is C=C(CNCc1ccccc1)N(C)CC(c1ccc(C#N)cc1)C(C(=C)N(C)c1cc(Cl)cc(Cl)c1)N(C)C=O. The predicted molar refractivity (Wildman–Crippen MR) is 165 cm³/mol. The Morgan fingerprint density at radius 2 is 1.62 bits per heavy atom. The van der Waals surface area contributed by atoms with Crippen molar-refractivity contribution in [2.24, 2.45) is 0 Å². The van der Waals surface area contributed by atoms with Crippen LogP contribution in [0.25, 0.3) is 0 Å². The molecule has 1 amide bonds. The highest BCUT2D eigenvalue weighted by molar-refractivity contribution is 6.35. The van der Waals surface area contributed by atoms with Crippen molar-refractivity contribution < 1.29 is 4.79 Å². The Morgan fingerprint density at radius 3 is 2.20 bits per heavy atom. The summed E-state index contributed by atoms with van der Waals surface area (Å²) in [7, 11) is 5.61. The molecule has 2 atom stereocenters. The number of hydrogen-bond acceptors (Lipinski definition) is 5. The number of rotatable bonds is 14. The number of benzene rings is 3. The lowest BCUT2D eigenvalue weighted by atomic mass is 9.87. The summed E-state index contributed by atoms with van der Waals surface area (Å²) in [4.78, 5) is 17.8. The smallest absolute Gasteiger partial charge is 0.210 e. The third kappa shape index (κ3) is 8.12. The summed E-state index contributed by atoms with van der Waals surface area (Å²) < 4.78 is 0. The van der Waals surface area contributed by atoms with Crippen LogP contribution in [0.4, 0.5) is 5.69 Å². The molecule has 0 spiro atoms. The Kier molecular flexibility index (Phi) is 11.2. The molecule has 1 N–H and O–H groups in total. The first-order valence-corrected chi connectivity index (χ1v) is 13.6. The molecule has 0 saturated heterocycles. The van der Waals surface area contributed by atoms with Crippen molar-refractivity contribution in [3.63, 3.8) is 0 Å². The summed E-state index contributed by atoms with van der Waals surface area (Å²) in [6.45, 7) is 10.6. The Balaban J connectivity index is 1.90. The van der Waals surface area contributed by atoms with Gasteiger partial charge in [-0.15, -0.1) is 0 Å². The van der Waals surface area contributed by atoms with Gasteiger partial charge in [-0.25, -0.2) is 0 Å². The fraction of sp³-hybridized carbons (Fsp3) is 0.250. The zero-order valence-electron chi connectivity index (χ0n) is 23.1. The van der Waals surface area contributed by atoms with Gasteiger partial charge >= 0.3 is 0 Å². The molecular formula is C32H35Cl2N5O. The average Bonchev–Trinajstić information content (AvgIpc) is 2.96. The molecule has 8 heteroatoms. The molecule has 6 nitrogen and oxygen atoms in total. The van der Waals surface area contributed by atoms with E-state index in [0.29, 0.717) is 34.4 Å². The van der Waals surface area contributed by atoms with Gasteiger partial charge in [0.15, 0.2) is 0 Å². The maximum Gasteiger partial charge on any atom is 0.210 e. The first-order chi connectivity index (χ1) is 19.1. The lowest BCUT2D eigenvalue weighted by Gasteiger charge is -2.40. The molecule has 0 aliphatic heterocycles. The average molecular weight is 577 g/mol. The van der Waals surface area contributed by atoms with E-state index in [2.05, 4.69) is 41.6 Å². The number of carbonyl (C=O) groups excluding carboxylic acids is 1. The molecule has 0 aliphatic carbocycles. The second-order valence-electron chi connectivity index (χ2n) is 9.77. The molecule has 0 bridgehead atoms. The van der Waals surface area contributed by atoms with Crippen molar-refractivity contribution in [1.29, 1.82) is 5.26 Å². The molecule has 0 fully saturated rings. The minimum Gasteiger partial charge on any atom is -0.377 e. The molecule has 2 unspecified atom stereocenters. The van der Waals surface area contributed by atoms with Crippen molar-refractivity contribution in [2.45, 2.75) is 18.5 Å². The first kappa shape index (κ1) is 30.8. The second kappa shape index (κ2) is 14.6. The van der Waals surface area contributed by atoms with Crippen LogP contribution in [-0.2, 0) is 11.3 Å². The van der Waals surface area contributed by atoms with Crippen molar-refractivity contribution in [2.75, 3.05) is 39.1 Å². The molecule has 208 valence electrons. The normalized spacial score (nSPS) is 12.1. The molecule has 3 aromatic carbocycles. The first-order valence-electron chi connectivity index (χ1n) is 12.8. The lowest BCUT2D eigenvalue weighted by molar-refractivity contribution is -0.118. The molecule has 0 aromatic heterocycles. The van der Waals surface area contributed by atoms with Gasteiger partial charge in [-0.3, -0.25) is 4.79 Å². The number of amides is 1. The predicted octanol–water partition coefficient (Wildman–Crippen LogP) is 6.29. The van der Waals surface area contributed by atoms with E-state index in [0.717, 1.165) is 29.9 Å². The Hall–Kier alpha value is -3.76. The number of nitriles is 1. The van der Waals surface area contributed by atoms with Crippen LogP contribution in [-0.4, -0.2) is 56.5 Å². The van der Waals surface area contributed by atoms with Gasteiger partial charge in [-0.1, -0.05) is 78.8 Å². The van der Waals surface area contributed by atoms with Crippen molar-refractivity contribution in [3.05, 3.63) is 124 Å². The third-order valence-corrected chi connectivity index (χ3v) is 7.41. The van der Waals surface area contributed by atoms with E-state index in [-0.39, 0.29) is 5.92 Å². The van der Waals surface area contributed by atoms with Gasteiger partial charge in [0, 0.05) is 73.8 Å². The third-order valence-electron chi connectivity index (χ3n) is 6.97. The monoisotopic (exact) mass is 575 g/mol. The number of likely N-dealkylation sites (N-methyl/N-ethyl adjacent to an activating group) is 3. The largest absolute Gasteiger partial charge is 0.377 e. The quantitative estimate of drug-likeness (QED) is 0.229. The van der Waals surface area contributed by atoms with Crippen molar-refractivity contribution >= 4 is 35.3 Å². The van der Waals surface area contributed by atoms with Crippen LogP contribution in [0.1, 0.15) is 22.6 Å². The topological polar surface area (TPSA) is 62.6 Å². The second-order valence-corrected chi connectivity index (χ2v) is 10.6.